The zero-order valence-electron chi connectivity index (χ0n) is 18.0. The smallest absolute Gasteiger partial charge is 0.226 e. The first kappa shape index (κ1) is 21.0. The Morgan fingerprint density at radius 1 is 0.833 bits per heavy atom. The lowest BCUT2D eigenvalue weighted by atomic mass is 9.89. The van der Waals surface area contributed by atoms with Crippen LogP contribution in [0.2, 0.25) is 0 Å². The fourth-order valence-corrected chi connectivity index (χ4v) is 5.06. The second-order valence-electron chi connectivity index (χ2n) is 8.99. The first-order valence-corrected chi connectivity index (χ1v) is 11.7. The molecule has 0 aromatic heterocycles. The van der Waals surface area contributed by atoms with Crippen molar-refractivity contribution < 1.29 is 9.59 Å². The van der Waals surface area contributed by atoms with E-state index in [0.29, 0.717) is 24.2 Å². The molecule has 0 radical (unpaired) electrons. The zero-order chi connectivity index (χ0) is 20.8. The van der Waals surface area contributed by atoms with Crippen LogP contribution >= 0.6 is 0 Å². The molecule has 2 saturated heterocycles. The summed E-state index contributed by atoms with van der Waals surface area (Å²) < 4.78 is 0. The Labute approximate surface area is 180 Å². The Bertz CT molecular complexity index is 732. The minimum Gasteiger partial charge on any atom is -0.368 e. The molecule has 0 spiro atoms. The number of amides is 2. The number of hydrogen-bond donors (Lipinski definition) is 0. The van der Waals surface area contributed by atoms with E-state index in [2.05, 4.69) is 46.2 Å². The highest BCUT2D eigenvalue weighted by molar-refractivity contribution is 5.79. The molecule has 30 heavy (non-hydrogen) atoms. The SMILES string of the molecule is O=C(CCC1CCN(C(=O)[C@@H]2CC=CCC2)CC1)N1CCN(c2ccccc2)CC1. The van der Waals surface area contributed by atoms with Crippen LogP contribution in [0.25, 0.3) is 0 Å². The maximum Gasteiger partial charge on any atom is 0.226 e. The highest BCUT2D eigenvalue weighted by Crippen LogP contribution is 2.27. The second kappa shape index (κ2) is 10.1. The second-order valence-corrected chi connectivity index (χ2v) is 8.99. The molecule has 0 N–H and O–H groups in total. The summed E-state index contributed by atoms with van der Waals surface area (Å²) in [7, 11) is 0. The van der Waals surface area contributed by atoms with Crippen molar-refractivity contribution in [2.45, 2.75) is 44.9 Å². The van der Waals surface area contributed by atoms with Gasteiger partial charge in [0.15, 0.2) is 0 Å². The minimum atomic E-state index is 0.197. The summed E-state index contributed by atoms with van der Waals surface area (Å²) in [5.41, 5.74) is 1.25. The molecule has 1 aromatic rings. The summed E-state index contributed by atoms with van der Waals surface area (Å²) in [6.45, 7) is 5.19. The van der Waals surface area contributed by atoms with E-state index < -0.39 is 0 Å². The van der Waals surface area contributed by atoms with Gasteiger partial charge in [-0.25, -0.2) is 0 Å². The first-order valence-electron chi connectivity index (χ1n) is 11.7. The van der Waals surface area contributed by atoms with Crippen LogP contribution in [0.5, 0.6) is 0 Å². The van der Waals surface area contributed by atoms with Gasteiger partial charge in [0.25, 0.3) is 0 Å². The average molecular weight is 410 g/mol. The van der Waals surface area contributed by atoms with Gasteiger partial charge in [-0.3, -0.25) is 9.59 Å². The molecule has 2 amide bonds. The van der Waals surface area contributed by atoms with Crippen LogP contribution in [0.1, 0.15) is 44.9 Å². The molecule has 1 atom stereocenters. The number of piperidine rings is 1. The molecular formula is C25H35N3O2. The number of benzene rings is 1. The summed E-state index contributed by atoms with van der Waals surface area (Å²) in [6, 6.07) is 10.5. The Hall–Kier alpha value is -2.30. The van der Waals surface area contributed by atoms with E-state index in [1.54, 1.807) is 0 Å². The topological polar surface area (TPSA) is 43.9 Å². The van der Waals surface area contributed by atoms with Crippen molar-refractivity contribution >= 4 is 17.5 Å². The molecule has 5 nitrogen and oxygen atoms in total. The van der Waals surface area contributed by atoms with Gasteiger partial charge >= 0.3 is 0 Å². The van der Waals surface area contributed by atoms with Gasteiger partial charge in [-0.15, -0.1) is 0 Å². The van der Waals surface area contributed by atoms with Crippen molar-refractivity contribution in [1.29, 1.82) is 0 Å². The molecule has 2 aliphatic heterocycles. The zero-order valence-corrected chi connectivity index (χ0v) is 18.0. The number of allylic oxidation sites excluding steroid dienone is 2. The molecule has 2 fully saturated rings. The number of para-hydroxylation sites is 1. The van der Waals surface area contributed by atoms with Crippen molar-refractivity contribution in [3.63, 3.8) is 0 Å². The molecule has 162 valence electrons. The molecule has 0 unspecified atom stereocenters. The van der Waals surface area contributed by atoms with Crippen LogP contribution < -0.4 is 4.90 Å². The van der Waals surface area contributed by atoms with Crippen LogP contribution in [0.15, 0.2) is 42.5 Å². The number of hydrogen-bond acceptors (Lipinski definition) is 3. The van der Waals surface area contributed by atoms with Crippen molar-refractivity contribution in [1.82, 2.24) is 9.80 Å². The maximum absolute atomic E-state index is 12.7. The number of piperazine rings is 1. The average Bonchev–Trinajstić information content (AvgIpc) is 2.83. The van der Waals surface area contributed by atoms with E-state index in [0.717, 1.165) is 77.8 Å². The van der Waals surface area contributed by atoms with Crippen LogP contribution in [0, 0.1) is 11.8 Å². The first-order chi connectivity index (χ1) is 14.7. The number of anilines is 1. The summed E-state index contributed by atoms with van der Waals surface area (Å²) in [4.78, 5) is 31.9. The van der Waals surface area contributed by atoms with Gasteiger partial charge in [0.2, 0.25) is 11.8 Å². The summed E-state index contributed by atoms with van der Waals surface area (Å²) in [5.74, 6) is 1.43. The quantitative estimate of drug-likeness (QED) is 0.697. The third kappa shape index (κ3) is 5.24. The summed E-state index contributed by atoms with van der Waals surface area (Å²) in [5, 5.41) is 0. The van der Waals surface area contributed by atoms with Crippen molar-refractivity contribution in [2.24, 2.45) is 11.8 Å². The van der Waals surface area contributed by atoms with Crippen molar-refractivity contribution in [3.05, 3.63) is 42.5 Å². The van der Waals surface area contributed by atoms with E-state index in [1.807, 2.05) is 11.0 Å². The van der Waals surface area contributed by atoms with E-state index in [1.165, 1.54) is 5.69 Å². The predicted molar refractivity (Wildman–Crippen MR) is 120 cm³/mol. The van der Waals surface area contributed by atoms with Crippen LogP contribution in [0.3, 0.4) is 0 Å². The number of nitrogens with zero attached hydrogens (tertiary/aromatic N) is 3. The van der Waals surface area contributed by atoms with Gasteiger partial charge in [-0.05, 0) is 56.6 Å². The van der Waals surface area contributed by atoms with Gasteiger partial charge in [-0.2, -0.15) is 0 Å². The molecule has 1 aromatic carbocycles. The van der Waals surface area contributed by atoms with E-state index in [9.17, 15) is 9.59 Å². The fraction of sp³-hybridized carbons (Fsp3) is 0.600. The third-order valence-corrected chi connectivity index (χ3v) is 7.06. The lowest BCUT2D eigenvalue weighted by molar-refractivity contribution is -0.137. The van der Waals surface area contributed by atoms with Crippen LogP contribution in [-0.2, 0) is 9.59 Å². The van der Waals surface area contributed by atoms with Crippen molar-refractivity contribution in [2.75, 3.05) is 44.2 Å². The lowest BCUT2D eigenvalue weighted by Crippen LogP contribution is -2.49. The lowest BCUT2D eigenvalue weighted by Gasteiger charge is -2.37. The Kier molecular flexibility index (Phi) is 7.08. The van der Waals surface area contributed by atoms with Crippen molar-refractivity contribution in [3.8, 4) is 0 Å². The molecule has 1 aliphatic carbocycles. The number of likely N-dealkylation sites (tertiary alicyclic amines) is 1. The highest BCUT2D eigenvalue weighted by atomic mass is 16.2. The molecule has 3 aliphatic rings. The number of carbonyl (C=O) groups is 2. The number of carbonyl (C=O) groups excluding carboxylic acids is 2. The molecule has 2 heterocycles. The van der Waals surface area contributed by atoms with Gasteiger partial charge in [0, 0.05) is 57.3 Å². The van der Waals surface area contributed by atoms with Crippen LogP contribution in [-0.4, -0.2) is 60.9 Å². The normalized spacial score (nSPS) is 22.9. The fourth-order valence-electron chi connectivity index (χ4n) is 5.06. The molecule has 0 saturated carbocycles. The van der Waals surface area contributed by atoms with Gasteiger partial charge < -0.3 is 14.7 Å². The van der Waals surface area contributed by atoms with Gasteiger partial charge in [0.1, 0.15) is 0 Å². The highest BCUT2D eigenvalue weighted by Gasteiger charge is 2.29. The Morgan fingerprint density at radius 3 is 2.23 bits per heavy atom. The van der Waals surface area contributed by atoms with Gasteiger partial charge in [0.05, 0.1) is 0 Å². The standard InChI is InChI=1S/C25H35N3O2/c29-24(27-19-17-26(18-20-27)23-9-5-2-6-10-23)12-11-21-13-15-28(16-14-21)25(30)22-7-3-1-4-8-22/h1-3,5-6,9-10,21-22H,4,7-8,11-20H2/t22-/m1/s1. The monoisotopic (exact) mass is 409 g/mol. The number of rotatable bonds is 5. The third-order valence-electron chi connectivity index (χ3n) is 7.06. The maximum atomic E-state index is 12.7. The Morgan fingerprint density at radius 2 is 1.57 bits per heavy atom. The van der Waals surface area contributed by atoms with Gasteiger partial charge in [-0.1, -0.05) is 30.4 Å². The summed E-state index contributed by atoms with van der Waals surface area (Å²) in [6.07, 6.45) is 11.0. The van der Waals surface area contributed by atoms with E-state index in [-0.39, 0.29) is 5.92 Å². The molecule has 4 rings (SSSR count). The minimum absolute atomic E-state index is 0.197. The molecule has 0 bridgehead atoms. The summed E-state index contributed by atoms with van der Waals surface area (Å²) >= 11 is 0. The molecular weight excluding hydrogens is 374 g/mol. The van der Waals surface area contributed by atoms with E-state index in [4.69, 9.17) is 0 Å². The predicted octanol–water partition coefficient (Wildman–Crippen LogP) is 3.71. The Balaban J connectivity index is 1.15. The van der Waals surface area contributed by atoms with Crippen LogP contribution in [0.4, 0.5) is 5.69 Å². The van der Waals surface area contributed by atoms with E-state index >= 15 is 0 Å². The largest absolute Gasteiger partial charge is 0.368 e. The molecule has 5 heteroatoms.